The van der Waals surface area contributed by atoms with Crippen LogP contribution in [0.25, 0.3) is 0 Å². The molecule has 2 bridgehead atoms. The van der Waals surface area contributed by atoms with Crippen LogP contribution >= 0.6 is 0 Å². The Morgan fingerprint density at radius 1 is 1.11 bits per heavy atom. The summed E-state index contributed by atoms with van der Waals surface area (Å²) in [7, 11) is 0. The van der Waals surface area contributed by atoms with Gasteiger partial charge in [0.1, 0.15) is 0 Å². The van der Waals surface area contributed by atoms with Crippen LogP contribution in [0.5, 0.6) is 0 Å². The van der Waals surface area contributed by atoms with Crippen molar-refractivity contribution in [2.45, 2.75) is 139 Å². The quantitative estimate of drug-likeness (QED) is 0.240. The second-order valence-corrected chi connectivity index (χ2v) is 11.9. The van der Waals surface area contributed by atoms with E-state index in [9.17, 15) is 20.1 Å². The Hall–Kier alpha value is -1.17. The fourth-order valence-corrected chi connectivity index (χ4v) is 6.13. The largest absolute Gasteiger partial charge is 0.481 e. The number of aliphatic hydroxyl groups excluding tert-OH is 1. The van der Waals surface area contributed by atoms with Crippen molar-refractivity contribution in [2.75, 3.05) is 13.1 Å². The normalized spacial score (nSPS) is 39.1. The van der Waals surface area contributed by atoms with E-state index in [1.165, 1.54) is 6.42 Å². The van der Waals surface area contributed by atoms with Crippen LogP contribution < -0.4 is 16.0 Å². The Balaban J connectivity index is 1.55. The predicted octanol–water partition coefficient (Wildman–Crippen LogP) is 2.94. The average Bonchev–Trinajstić information content (AvgIpc) is 2.79. The van der Waals surface area contributed by atoms with Gasteiger partial charge in [0, 0.05) is 42.5 Å². The highest BCUT2D eigenvalue weighted by atomic mass is 16.4. The van der Waals surface area contributed by atoms with Gasteiger partial charge in [-0.1, -0.05) is 31.6 Å². The van der Waals surface area contributed by atoms with Gasteiger partial charge in [-0.2, -0.15) is 0 Å². The molecule has 35 heavy (non-hydrogen) atoms. The lowest BCUT2D eigenvalue weighted by atomic mass is 9.83. The lowest BCUT2D eigenvalue weighted by molar-refractivity contribution is -0.143. The van der Waals surface area contributed by atoms with Gasteiger partial charge in [0.2, 0.25) is 0 Å². The van der Waals surface area contributed by atoms with Crippen molar-refractivity contribution in [2.24, 2.45) is 5.92 Å². The van der Waals surface area contributed by atoms with Crippen LogP contribution in [-0.4, -0.2) is 69.7 Å². The number of carboxylic acid groups (broad SMARTS) is 1. The summed E-state index contributed by atoms with van der Waals surface area (Å²) < 4.78 is 0. The number of aliphatic hydroxyl groups is 2. The number of rotatable bonds is 7. The van der Waals surface area contributed by atoms with E-state index in [2.05, 4.69) is 41.6 Å². The first-order chi connectivity index (χ1) is 16.7. The molecule has 0 amide bonds. The molecule has 7 nitrogen and oxygen atoms in total. The number of nitrogens with one attached hydrogen (secondary N) is 3. The summed E-state index contributed by atoms with van der Waals surface area (Å²) in [4.78, 5) is 11.5. The van der Waals surface area contributed by atoms with Crippen LogP contribution in [0.4, 0.5) is 0 Å². The summed E-state index contributed by atoms with van der Waals surface area (Å²) >= 11 is 0. The molecule has 0 spiro atoms. The Labute approximate surface area is 212 Å². The molecule has 3 aliphatic heterocycles. The van der Waals surface area contributed by atoms with E-state index in [-0.39, 0.29) is 24.1 Å². The number of hydrogen-bond donors (Lipinski definition) is 6. The second kappa shape index (κ2) is 13.4. The number of β-amino-alcohol motifs (C(OH)–C–C–N with tert-alkyl or cyclic N) is 1. The third kappa shape index (κ3) is 9.66. The van der Waals surface area contributed by atoms with Crippen molar-refractivity contribution in [3.8, 4) is 11.8 Å². The zero-order valence-corrected chi connectivity index (χ0v) is 22.0. The molecule has 7 heteroatoms. The van der Waals surface area contributed by atoms with E-state index in [1.807, 2.05) is 0 Å². The molecule has 200 valence electrons. The van der Waals surface area contributed by atoms with E-state index in [0.717, 1.165) is 77.2 Å². The van der Waals surface area contributed by atoms with Crippen LogP contribution in [0.2, 0.25) is 0 Å². The summed E-state index contributed by atoms with van der Waals surface area (Å²) in [5, 5.41) is 41.1. The molecular formula is C28H49N3O4. The standard InChI is InChI=1S/C28H49N3O4/c1-21-25(32)14-13-23(31-21)11-4-3-8-22-9-5-6-15-28(35,19-26(33)34)20-30-27(2)16-17-29-24(18-27)12-7-10-22/h21-25,29-32,35H,3-6,8-9,11-20H2,1-2H3,(H,33,34)/t21-,22+,23+,24+,25+,27+,28+/m0/s1. The average molecular weight is 492 g/mol. The minimum Gasteiger partial charge on any atom is -0.481 e. The first kappa shape index (κ1) is 28.4. The van der Waals surface area contributed by atoms with Gasteiger partial charge in [-0.25, -0.2) is 0 Å². The highest BCUT2D eigenvalue weighted by Gasteiger charge is 2.36. The molecule has 2 fully saturated rings. The Kier molecular flexibility index (Phi) is 10.9. The first-order valence-corrected chi connectivity index (χ1v) is 14.0. The predicted molar refractivity (Wildman–Crippen MR) is 139 cm³/mol. The van der Waals surface area contributed by atoms with Crippen molar-refractivity contribution in [1.82, 2.24) is 16.0 Å². The zero-order chi connectivity index (χ0) is 25.3. The van der Waals surface area contributed by atoms with Gasteiger partial charge in [0.25, 0.3) is 0 Å². The maximum absolute atomic E-state index is 11.5. The first-order valence-electron chi connectivity index (χ1n) is 14.0. The minimum atomic E-state index is -1.21. The van der Waals surface area contributed by atoms with E-state index in [1.54, 1.807) is 0 Å². The highest BCUT2D eigenvalue weighted by Crippen LogP contribution is 2.27. The number of unbranched alkanes of at least 4 members (excludes halogenated alkanes) is 1. The van der Waals surface area contributed by atoms with Gasteiger partial charge in [-0.05, 0) is 71.8 Å². The van der Waals surface area contributed by atoms with Gasteiger partial charge < -0.3 is 31.3 Å². The maximum atomic E-state index is 11.5. The molecule has 3 heterocycles. The third-order valence-corrected chi connectivity index (χ3v) is 8.47. The van der Waals surface area contributed by atoms with Crippen LogP contribution in [0.3, 0.4) is 0 Å². The van der Waals surface area contributed by atoms with Crippen molar-refractivity contribution < 1.29 is 20.1 Å². The Morgan fingerprint density at radius 3 is 2.69 bits per heavy atom. The molecule has 2 saturated heterocycles. The fourth-order valence-electron chi connectivity index (χ4n) is 6.13. The van der Waals surface area contributed by atoms with Gasteiger partial charge in [-0.15, -0.1) is 5.92 Å². The second-order valence-electron chi connectivity index (χ2n) is 11.9. The smallest absolute Gasteiger partial charge is 0.306 e. The summed E-state index contributed by atoms with van der Waals surface area (Å²) in [6.07, 6.45) is 12.1. The summed E-state index contributed by atoms with van der Waals surface area (Å²) in [6.45, 7) is 5.48. The van der Waals surface area contributed by atoms with E-state index in [4.69, 9.17) is 0 Å². The lowest BCUT2D eigenvalue weighted by Crippen LogP contribution is -2.57. The summed E-state index contributed by atoms with van der Waals surface area (Å²) in [5.74, 6) is 6.49. The highest BCUT2D eigenvalue weighted by molar-refractivity contribution is 5.68. The van der Waals surface area contributed by atoms with Crippen molar-refractivity contribution >= 4 is 5.97 Å². The van der Waals surface area contributed by atoms with E-state index in [0.29, 0.717) is 31.0 Å². The van der Waals surface area contributed by atoms with Gasteiger partial charge >= 0.3 is 5.97 Å². The van der Waals surface area contributed by atoms with Gasteiger partial charge in [-0.3, -0.25) is 4.79 Å². The molecule has 3 aliphatic rings. The fraction of sp³-hybridized carbons (Fsp3) is 0.893. The number of fused-ring (bicyclic) bond motifs is 2. The molecule has 0 aromatic rings. The van der Waals surface area contributed by atoms with Gasteiger partial charge in [0.05, 0.1) is 18.1 Å². The Bertz CT molecular complexity index is 737. The number of piperidine rings is 2. The number of carbonyl (C=O) groups is 1. The van der Waals surface area contributed by atoms with Crippen LogP contribution in [0, 0.1) is 17.8 Å². The lowest BCUT2D eigenvalue weighted by Gasteiger charge is -2.41. The van der Waals surface area contributed by atoms with Crippen molar-refractivity contribution in [3.63, 3.8) is 0 Å². The van der Waals surface area contributed by atoms with Crippen LogP contribution in [0.15, 0.2) is 0 Å². The zero-order valence-electron chi connectivity index (χ0n) is 22.0. The van der Waals surface area contributed by atoms with Crippen molar-refractivity contribution in [1.29, 1.82) is 0 Å². The maximum Gasteiger partial charge on any atom is 0.306 e. The molecule has 3 rings (SSSR count). The number of carboxylic acids is 1. The third-order valence-electron chi connectivity index (χ3n) is 8.47. The summed E-state index contributed by atoms with van der Waals surface area (Å²) in [5.41, 5.74) is -1.33. The van der Waals surface area contributed by atoms with E-state index < -0.39 is 11.6 Å². The number of hydrogen-bond acceptors (Lipinski definition) is 6. The molecule has 0 aliphatic carbocycles. The molecule has 0 saturated carbocycles. The molecule has 0 radical (unpaired) electrons. The summed E-state index contributed by atoms with van der Waals surface area (Å²) in [6, 6.07) is 1.01. The monoisotopic (exact) mass is 491 g/mol. The molecule has 6 N–H and O–H groups in total. The van der Waals surface area contributed by atoms with Crippen LogP contribution in [-0.2, 0) is 4.79 Å². The molecule has 0 aromatic carbocycles. The number of aliphatic carboxylic acids is 1. The van der Waals surface area contributed by atoms with Crippen LogP contribution in [0.1, 0.15) is 104 Å². The molecule has 7 atom stereocenters. The molecular weight excluding hydrogens is 442 g/mol. The molecule has 0 unspecified atom stereocenters. The minimum absolute atomic E-state index is 0.117. The van der Waals surface area contributed by atoms with E-state index >= 15 is 0 Å². The topological polar surface area (TPSA) is 114 Å². The SMILES string of the molecule is C[C@@H]1N[C@H](CCCC[C@H]2C#CC[C@@H]3C[C@@](C)(CCN3)NC[C@](O)(CC(=O)O)CCCC2)CC[C@H]1O. The van der Waals surface area contributed by atoms with Crippen molar-refractivity contribution in [3.05, 3.63) is 0 Å². The van der Waals surface area contributed by atoms with Gasteiger partial charge in [0.15, 0.2) is 0 Å². The molecule has 0 aromatic heterocycles. The Morgan fingerprint density at radius 2 is 1.91 bits per heavy atom.